The molecule has 4 aliphatic rings. The fourth-order valence-electron chi connectivity index (χ4n) is 7.37. The van der Waals surface area contributed by atoms with E-state index in [1.807, 2.05) is 13.0 Å². The van der Waals surface area contributed by atoms with Crippen molar-refractivity contribution in [3.05, 3.63) is 64.7 Å². The van der Waals surface area contributed by atoms with Gasteiger partial charge in [0.15, 0.2) is 0 Å². The number of rotatable bonds is 1. The number of benzene rings is 2. The third-order valence-electron chi connectivity index (χ3n) is 10.3. The summed E-state index contributed by atoms with van der Waals surface area (Å²) < 4.78 is 41.9. The quantitative estimate of drug-likeness (QED) is 0.404. The molecule has 1 N–H and O–H groups in total. The van der Waals surface area contributed by atoms with Gasteiger partial charge in [-0.2, -0.15) is 0 Å². The lowest BCUT2D eigenvalue weighted by molar-refractivity contribution is -0.124. The number of amides is 1. The molecule has 0 aromatic heterocycles. The van der Waals surface area contributed by atoms with Crippen molar-refractivity contribution in [2.75, 3.05) is 31.7 Å². The number of aryl methyl sites for hydroxylation is 1. The lowest BCUT2D eigenvalue weighted by Crippen LogP contribution is -2.49. The molecule has 1 fully saturated rings. The lowest BCUT2D eigenvalue weighted by atomic mass is 9.68. The van der Waals surface area contributed by atoms with E-state index < -0.39 is 21.8 Å². The Hall–Kier alpha value is -2.55. The number of sulfonamides is 1. The van der Waals surface area contributed by atoms with Gasteiger partial charge >= 0.3 is 0 Å². The van der Waals surface area contributed by atoms with Gasteiger partial charge in [-0.15, -0.1) is 0 Å². The van der Waals surface area contributed by atoms with E-state index in [9.17, 15) is 13.2 Å². The number of hydrogen-bond donors (Lipinski definition) is 1. The van der Waals surface area contributed by atoms with Gasteiger partial charge in [-0.3, -0.25) is 4.79 Å². The van der Waals surface area contributed by atoms with E-state index in [-0.39, 0.29) is 22.3 Å². The Kier molecular flexibility index (Phi) is 8.09. The summed E-state index contributed by atoms with van der Waals surface area (Å²) in [6.45, 7) is 5.73. The molecule has 2 aliphatic heterocycles. The van der Waals surface area contributed by atoms with Crippen molar-refractivity contribution in [3.8, 4) is 5.75 Å². The van der Waals surface area contributed by atoms with Crippen molar-refractivity contribution in [2.24, 2.45) is 23.7 Å². The maximum Gasteiger partial charge on any atom is 0.264 e. The molecule has 0 radical (unpaired) electrons. The zero-order valence-corrected chi connectivity index (χ0v) is 26.2. The number of ether oxygens (including phenoxy) is 2. The molecule has 2 aliphatic carbocycles. The fraction of sp³-hybridized carbons (Fsp3) is 0.545. The van der Waals surface area contributed by atoms with Crippen molar-refractivity contribution in [2.45, 2.75) is 68.8 Å². The van der Waals surface area contributed by atoms with Crippen LogP contribution < -0.4 is 14.4 Å². The summed E-state index contributed by atoms with van der Waals surface area (Å²) >= 11 is 6.40. The summed E-state index contributed by atoms with van der Waals surface area (Å²) in [5, 5.41) is 0.741. The van der Waals surface area contributed by atoms with Crippen LogP contribution in [0.3, 0.4) is 0 Å². The molecule has 6 rings (SSSR count). The van der Waals surface area contributed by atoms with Crippen LogP contribution in [0.1, 0.15) is 57.1 Å². The SMILES string of the molecule is CO[C@@H]1/C=C\C[C@H](C)[C@@H](C)C(=O)NS(=O)(=O)c2ccc3c(c2)N(C[C@@H]2CC[C@H]21)C[C@@]1(CCCc2cc(Cl)ccc21)CO3. The molecule has 1 amide bonds. The molecule has 2 aromatic rings. The number of nitrogens with zero attached hydrogens (tertiary/aromatic N) is 1. The summed E-state index contributed by atoms with van der Waals surface area (Å²) in [6, 6.07) is 11.2. The van der Waals surface area contributed by atoms with Gasteiger partial charge in [-0.25, -0.2) is 13.1 Å². The van der Waals surface area contributed by atoms with Gasteiger partial charge in [0.05, 0.1) is 23.3 Å². The van der Waals surface area contributed by atoms with Crippen molar-refractivity contribution < 1.29 is 22.7 Å². The highest BCUT2D eigenvalue weighted by Gasteiger charge is 2.44. The Labute approximate surface area is 254 Å². The molecule has 1 saturated carbocycles. The van der Waals surface area contributed by atoms with Crippen LogP contribution in [0.25, 0.3) is 0 Å². The number of nitrogens with one attached hydrogen (secondary N) is 1. The van der Waals surface area contributed by atoms with Gasteiger partial charge < -0.3 is 14.4 Å². The Morgan fingerprint density at radius 1 is 1.14 bits per heavy atom. The first-order chi connectivity index (χ1) is 20.1. The molecule has 1 spiro atoms. The zero-order chi connectivity index (χ0) is 29.6. The van der Waals surface area contributed by atoms with E-state index in [4.69, 9.17) is 21.1 Å². The third-order valence-corrected chi connectivity index (χ3v) is 11.9. The molecule has 7 nitrogen and oxygen atoms in total. The number of hydrogen-bond acceptors (Lipinski definition) is 6. The van der Waals surface area contributed by atoms with E-state index in [0.717, 1.165) is 49.4 Å². The first-order valence-electron chi connectivity index (χ1n) is 15.2. The van der Waals surface area contributed by atoms with Crippen LogP contribution in [0.15, 0.2) is 53.4 Å². The molecule has 0 unspecified atom stereocenters. The van der Waals surface area contributed by atoms with Gasteiger partial charge in [0.25, 0.3) is 10.0 Å². The third kappa shape index (κ3) is 5.46. The largest absolute Gasteiger partial charge is 0.490 e. The first-order valence-corrected chi connectivity index (χ1v) is 17.0. The number of fused-ring (bicyclic) bond motifs is 4. The van der Waals surface area contributed by atoms with E-state index >= 15 is 0 Å². The average molecular weight is 613 g/mol. The normalized spacial score (nSPS) is 33.3. The van der Waals surface area contributed by atoms with Crippen molar-refractivity contribution >= 4 is 33.2 Å². The fourth-order valence-corrected chi connectivity index (χ4v) is 8.65. The van der Waals surface area contributed by atoms with E-state index in [2.05, 4.69) is 33.9 Å². The molecular formula is C33H41ClN2O5S. The van der Waals surface area contributed by atoms with Crippen LogP contribution >= 0.6 is 11.6 Å². The second-order valence-corrected chi connectivity index (χ2v) is 15.0. The lowest BCUT2D eigenvalue weighted by Gasteiger charge is -2.46. The number of halogens is 1. The number of carbonyl (C=O) groups excluding carboxylic acids is 1. The summed E-state index contributed by atoms with van der Waals surface area (Å²) in [4.78, 5) is 15.5. The predicted molar refractivity (Wildman–Crippen MR) is 165 cm³/mol. The highest BCUT2D eigenvalue weighted by molar-refractivity contribution is 7.90. The minimum atomic E-state index is -4.07. The Morgan fingerprint density at radius 3 is 2.74 bits per heavy atom. The number of allylic oxidation sites excluding steroid dienone is 1. The molecule has 2 heterocycles. The van der Waals surface area contributed by atoms with Gasteiger partial charge in [0.2, 0.25) is 5.91 Å². The van der Waals surface area contributed by atoms with Crippen molar-refractivity contribution in [1.82, 2.24) is 4.72 Å². The maximum absolute atomic E-state index is 13.5. The molecule has 9 heteroatoms. The smallest absolute Gasteiger partial charge is 0.264 e. The average Bonchev–Trinajstić information content (AvgIpc) is 3.10. The van der Waals surface area contributed by atoms with Crippen molar-refractivity contribution in [1.29, 1.82) is 0 Å². The van der Waals surface area contributed by atoms with Gasteiger partial charge in [0.1, 0.15) is 5.75 Å². The second-order valence-electron chi connectivity index (χ2n) is 12.8. The second kappa shape index (κ2) is 11.5. The monoisotopic (exact) mass is 612 g/mol. The van der Waals surface area contributed by atoms with E-state index in [0.29, 0.717) is 37.2 Å². The zero-order valence-electron chi connectivity index (χ0n) is 24.6. The van der Waals surface area contributed by atoms with Crippen LogP contribution in [0.4, 0.5) is 5.69 Å². The summed E-state index contributed by atoms with van der Waals surface area (Å²) in [5.74, 6) is 0.419. The van der Waals surface area contributed by atoms with E-state index in [1.54, 1.807) is 32.2 Å². The standard InChI is InChI=1S/C33H41ClN2O5S/c1-21-6-4-8-30(40-3)27-12-9-24(27)18-36-19-33(15-5-7-23-16-25(34)10-13-28(23)33)20-41-31-14-11-26(17-29(31)36)42(38,39)35-32(37)22(21)2/h4,8,10-11,13-14,16-17,21-22,24,27,30H,5-7,9,12,15,18-20H2,1-3H3,(H,35,37)/b8-4-/t21-,22+,24-,27+,30+,33-/m0/s1. The minimum absolute atomic E-state index is 0.00564. The number of carbonyl (C=O) groups is 1. The van der Waals surface area contributed by atoms with Crippen LogP contribution in [0, 0.1) is 23.7 Å². The molecule has 2 bridgehead atoms. The summed E-state index contributed by atoms with van der Waals surface area (Å²) in [5.41, 5.74) is 3.03. The minimum Gasteiger partial charge on any atom is -0.490 e. The summed E-state index contributed by atoms with van der Waals surface area (Å²) in [6.07, 6.45) is 10.1. The molecular weight excluding hydrogens is 572 g/mol. The van der Waals surface area contributed by atoms with Crippen LogP contribution in [0.5, 0.6) is 5.75 Å². The van der Waals surface area contributed by atoms with Gasteiger partial charge in [0, 0.05) is 36.6 Å². The molecule has 2 aromatic carbocycles. The highest BCUT2D eigenvalue weighted by Crippen LogP contribution is 2.47. The van der Waals surface area contributed by atoms with E-state index in [1.165, 1.54) is 11.1 Å². The summed E-state index contributed by atoms with van der Waals surface area (Å²) in [7, 11) is -2.30. The molecule has 0 saturated heterocycles. The maximum atomic E-state index is 13.5. The first kappa shape index (κ1) is 29.5. The van der Waals surface area contributed by atoms with Crippen LogP contribution in [-0.4, -0.2) is 47.2 Å². The van der Waals surface area contributed by atoms with Gasteiger partial charge in [-0.05, 0) is 97.7 Å². The molecule has 42 heavy (non-hydrogen) atoms. The number of anilines is 1. The predicted octanol–water partition coefficient (Wildman–Crippen LogP) is 5.89. The van der Waals surface area contributed by atoms with Crippen molar-refractivity contribution in [3.63, 3.8) is 0 Å². The highest BCUT2D eigenvalue weighted by atomic mass is 35.5. The topological polar surface area (TPSA) is 84.9 Å². The molecule has 226 valence electrons. The number of methoxy groups -OCH3 is 1. The van der Waals surface area contributed by atoms with Gasteiger partial charge in [-0.1, -0.05) is 43.7 Å². The Balaban J connectivity index is 1.44. The Bertz CT molecular complexity index is 1490. The van der Waals surface area contributed by atoms with Crippen LogP contribution in [0.2, 0.25) is 5.02 Å². The molecule has 6 atom stereocenters. The van der Waals surface area contributed by atoms with Crippen LogP contribution in [-0.2, 0) is 31.4 Å². The Morgan fingerprint density at radius 2 is 1.98 bits per heavy atom.